The third-order valence-electron chi connectivity index (χ3n) is 2.56. The Morgan fingerprint density at radius 2 is 2.20 bits per heavy atom. The first-order chi connectivity index (χ1) is 7.27. The fourth-order valence-electron chi connectivity index (χ4n) is 1.41. The quantitative estimate of drug-likeness (QED) is 0.602. The smallest absolute Gasteiger partial charge is 0.236 e. The molecule has 0 radical (unpaired) electrons. The molecule has 1 aliphatic carbocycles. The van der Waals surface area contributed by atoms with Gasteiger partial charge in [-0.3, -0.25) is 4.79 Å². The molecular formula is C11H22N2O2. The van der Waals surface area contributed by atoms with Crippen LogP contribution in [0.2, 0.25) is 0 Å². The van der Waals surface area contributed by atoms with Crippen LogP contribution in [0.4, 0.5) is 0 Å². The SMILES string of the molecule is CCOCCN(CC)C(=O)CNC1CC1. The first kappa shape index (κ1) is 12.5. The van der Waals surface area contributed by atoms with Crippen molar-refractivity contribution in [1.82, 2.24) is 10.2 Å². The van der Waals surface area contributed by atoms with Crippen molar-refractivity contribution in [3.8, 4) is 0 Å². The molecule has 0 bridgehead atoms. The Morgan fingerprint density at radius 3 is 2.73 bits per heavy atom. The zero-order chi connectivity index (χ0) is 11.1. The predicted octanol–water partition coefficient (Wildman–Crippen LogP) is 0.623. The number of likely N-dealkylation sites (N-methyl/N-ethyl adjacent to an activating group) is 1. The lowest BCUT2D eigenvalue weighted by atomic mass is 10.4. The maximum Gasteiger partial charge on any atom is 0.236 e. The Morgan fingerprint density at radius 1 is 1.47 bits per heavy atom. The summed E-state index contributed by atoms with van der Waals surface area (Å²) in [6.45, 7) is 7.26. The molecule has 0 aromatic carbocycles. The van der Waals surface area contributed by atoms with Crippen molar-refractivity contribution in [2.24, 2.45) is 0 Å². The summed E-state index contributed by atoms with van der Waals surface area (Å²) in [4.78, 5) is 13.5. The standard InChI is InChI=1S/C11H22N2O2/c1-3-13(7-8-15-4-2)11(14)9-12-10-5-6-10/h10,12H,3-9H2,1-2H3. The second-order valence-electron chi connectivity index (χ2n) is 3.83. The summed E-state index contributed by atoms with van der Waals surface area (Å²) >= 11 is 0. The van der Waals surface area contributed by atoms with Crippen LogP contribution in [-0.2, 0) is 9.53 Å². The highest BCUT2D eigenvalue weighted by Crippen LogP contribution is 2.18. The number of amides is 1. The highest BCUT2D eigenvalue weighted by atomic mass is 16.5. The van der Waals surface area contributed by atoms with E-state index in [4.69, 9.17) is 4.74 Å². The number of nitrogens with one attached hydrogen (secondary N) is 1. The van der Waals surface area contributed by atoms with E-state index in [1.54, 1.807) is 0 Å². The van der Waals surface area contributed by atoms with Crippen molar-refractivity contribution in [1.29, 1.82) is 0 Å². The van der Waals surface area contributed by atoms with Gasteiger partial charge in [0, 0.05) is 25.7 Å². The molecule has 1 aliphatic rings. The fraction of sp³-hybridized carbons (Fsp3) is 0.909. The Labute approximate surface area is 92.0 Å². The van der Waals surface area contributed by atoms with Crippen LogP contribution in [-0.4, -0.2) is 49.7 Å². The van der Waals surface area contributed by atoms with Crippen molar-refractivity contribution in [3.63, 3.8) is 0 Å². The zero-order valence-electron chi connectivity index (χ0n) is 9.79. The van der Waals surface area contributed by atoms with Crippen molar-refractivity contribution in [3.05, 3.63) is 0 Å². The number of nitrogens with zero attached hydrogens (tertiary/aromatic N) is 1. The van der Waals surface area contributed by atoms with Crippen LogP contribution in [0.5, 0.6) is 0 Å². The number of hydrogen-bond acceptors (Lipinski definition) is 3. The van der Waals surface area contributed by atoms with Crippen molar-refractivity contribution in [2.75, 3.05) is 32.8 Å². The Bertz CT molecular complexity index is 193. The molecule has 15 heavy (non-hydrogen) atoms. The third kappa shape index (κ3) is 5.14. The van der Waals surface area contributed by atoms with Gasteiger partial charge in [-0.1, -0.05) is 0 Å². The number of ether oxygens (including phenoxy) is 1. The van der Waals surface area contributed by atoms with Crippen LogP contribution in [0.3, 0.4) is 0 Å². The Hall–Kier alpha value is -0.610. The van der Waals surface area contributed by atoms with Crippen LogP contribution in [0, 0.1) is 0 Å². The number of rotatable bonds is 8. The van der Waals surface area contributed by atoms with Crippen LogP contribution in [0.15, 0.2) is 0 Å². The molecule has 0 aromatic heterocycles. The second kappa shape index (κ2) is 6.80. The molecule has 4 heteroatoms. The van der Waals surface area contributed by atoms with E-state index in [1.165, 1.54) is 12.8 Å². The number of hydrogen-bond donors (Lipinski definition) is 1. The van der Waals surface area contributed by atoms with E-state index in [2.05, 4.69) is 5.32 Å². The number of carbonyl (C=O) groups is 1. The molecule has 0 aromatic rings. The van der Waals surface area contributed by atoms with E-state index in [0.29, 0.717) is 32.3 Å². The van der Waals surface area contributed by atoms with Crippen molar-refractivity contribution < 1.29 is 9.53 Å². The second-order valence-corrected chi connectivity index (χ2v) is 3.83. The van der Waals surface area contributed by atoms with E-state index in [-0.39, 0.29) is 5.91 Å². The lowest BCUT2D eigenvalue weighted by molar-refractivity contribution is -0.130. The Kier molecular flexibility index (Phi) is 5.65. The number of carbonyl (C=O) groups excluding carboxylic acids is 1. The van der Waals surface area contributed by atoms with E-state index < -0.39 is 0 Å². The van der Waals surface area contributed by atoms with Crippen LogP contribution < -0.4 is 5.32 Å². The summed E-state index contributed by atoms with van der Waals surface area (Å²) in [5, 5.41) is 3.23. The van der Waals surface area contributed by atoms with E-state index in [0.717, 1.165) is 6.54 Å². The minimum absolute atomic E-state index is 0.184. The highest BCUT2D eigenvalue weighted by Gasteiger charge is 2.22. The molecule has 4 nitrogen and oxygen atoms in total. The summed E-state index contributed by atoms with van der Waals surface area (Å²) in [6.07, 6.45) is 2.44. The average molecular weight is 214 g/mol. The monoisotopic (exact) mass is 214 g/mol. The molecule has 1 rings (SSSR count). The van der Waals surface area contributed by atoms with Gasteiger partial charge in [-0.15, -0.1) is 0 Å². The molecule has 1 saturated carbocycles. The lowest BCUT2D eigenvalue weighted by Gasteiger charge is -2.20. The summed E-state index contributed by atoms with van der Waals surface area (Å²) in [5.74, 6) is 0.184. The lowest BCUT2D eigenvalue weighted by Crippen LogP contribution is -2.40. The average Bonchev–Trinajstić information content (AvgIpc) is 3.05. The minimum Gasteiger partial charge on any atom is -0.380 e. The molecule has 1 amide bonds. The maximum absolute atomic E-state index is 11.7. The van der Waals surface area contributed by atoms with Gasteiger partial charge in [-0.05, 0) is 26.7 Å². The van der Waals surface area contributed by atoms with Crippen LogP contribution in [0.1, 0.15) is 26.7 Å². The molecule has 0 unspecified atom stereocenters. The maximum atomic E-state index is 11.7. The van der Waals surface area contributed by atoms with Gasteiger partial charge in [0.15, 0.2) is 0 Å². The molecule has 0 saturated heterocycles. The van der Waals surface area contributed by atoms with E-state index in [9.17, 15) is 4.79 Å². The van der Waals surface area contributed by atoms with Crippen molar-refractivity contribution in [2.45, 2.75) is 32.7 Å². The zero-order valence-corrected chi connectivity index (χ0v) is 9.79. The van der Waals surface area contributed by atoms with E-state index in [1.807, 2.05) is 18.7 Å². The molecule has 0 heterocycles. The van der Waals surface area contributed by atoms with Gasteiger partial charge in [0.1, 0.15) is 0 Å². The first-order valence-electron chi connectivity index (χ1n) is 5.86. The van der Waals surface area contributed by atoms with Gasteiger partial charge in [-0.2, -0.15) is 0 Å². The van der Waals surface area contributed by atoms with Gasteiger partial charge in [0.25, 0.3) is 0 Å². The van der Waals surface area contributed by atoms with Crippen LogP contribution >= 0.6 is 0 Å². The van der Waals surface area contributed by atoms with Gasteiger partial charge < -0.3 is 15.0 Å². The topological polar surface area (TPSA) is 41.6 Å². The summed E-state index contributed by atoms with van der Waals surface area (Å²) in [7, 11) is 0. The van der Waals surface area contributed by atoms with Gasteiger partial charge in [0.2, 0.25) is 5.91 Å². The van der Waals surface area contributed by atoms with E-state index >= 15 is 0 Å². The van der Waals surface area contributed by atoms with Gasteiger partial charge in [0.05, 0.1) is 13.2 Å². The van der Waals surface area contributed by atoms with Gasteiger partial charge in [-0.25, -0.2) is 0 Å². The molecule has 0 spiro atoms. The normalized spacial score (nSPS) is 15.3. The highest BCUT2D eigenvalue weighted by molar-refractivity contribution is 5.78. The molecular weight excluding hydrogens is 192 g/mol. The minimum atomic E-state index is 0.184. The predicted molar refractivity (Wildman–Crippen MR) is 59.8 cm³/mol. The molecule has 1 fully saturated rings. The first-order valence-corrected chi connectivity index (χ1v) is 5.86. The third-order valence-corrected chi connectivity index (χ3v) is 2.56. The molecule has 1 N–H and O–H groups in total. The summed E-state index contributed by atoms with van der Waals surface area (Å²) in [6, 6.07) is 0.597. The summed E-state index contributed by atoms with van der Waals surface area (Å²) < 4.78 is 5.24. The summed E-state index contributed by atoms with van der Waals surface area (Å²) in [5.41, 5.74) is 0. The Balaban J connectivity index is 2.13. The molecule has 0 atom stereocenters. The van der Waals surface area contributed by atoms with Crippen LogP contribution in [0.25, 0.3) is 0 Å². The fourth-order valence-corrected chi connectivity index (χ4v) is 1.41. The largest absolute Gasteiger partial charge is 0.380 e. The van der Waals surface area contributed by atoms with Gasteiger partial charge >= 0.3 is 0 Å². The van der Waals surface area contributed by atoms with Crippen molar-refractivity contribution >= 4 is 5.91 Å². The molecule has 0 aliphatic heterocycles. The molecule has 88 valence electrons.